The monoisotopic (exact) mass is 491 g/mol. The van der Waals surface area contributed by atoms with Gasteiger partial charge in [-0.3, -0.25) is 9.59 Å². The molecule has 5 nitrogen and oxygen atoms in total. The number of piperazine rings is 1. The van der Waals surface area contributed by atoms with Gasteiger partial charge in [0.15, 0.2) is 0 Å². The van der Waals surface area contributed by atoms with E-state index in [-0.39, 0.29) is 17.2 Å². The molecule has 1 aliphatic rings. The number of hydrogen-bond donors (Lipinski definition) is 1. The second-order valence-electron chi connectivity index (χ2n) is 10.7. The Bertz CT molecular complexity index is 1410. The number of nitrogens with one attached hydrogen (secondary N) is 1. The number of carbonyl (C=O) groups is 2. The van der Waals surface area contributed by atoms with Crippen LogP contribution >= 0.6 is 0 Å². The van der Waals surface area contributed by atoms with E-state index in [9.17, 15) is 9.59 Å². The maximum atomic E-state index is 13.1. The molecule has 0 aromatic heterocycles. The molecule has 188 valence electrons. The number of fused-ring (bicyclic) bond motifs is 1. The van der Waals surface area contributed by atoms with E-state index in [4.69, 9.17) is 0 Å². The fraction of sp³-hybridized carbons (Fsp3) is 0.250. The van der Waals surface area contributed by atoms with Crippen molar-refractivity contribution in [1.29, 1.82) is 0 Å². The number of anilines is 2. The minimum atomic E-state index is -0.117. The average Bonchev–Trinajstić information content (AvgIpc) is 2.92. The molecule has 1 N–H and O–H groups in total. The summed E-state index contributed by atoms with van der Waals surface area (Å²) in [7, 11) is 0. The molecule has 0 unspecified atom stereocenters. The molecule has 0 aliphatic carbocycles. The van der Waals surface area contributed by atoms with Gasteiger partial charge in [-0.05, 0) is 70.3 Å². The van der Waals surface area contributed by atoms with Gasteiger partial charge in [-0.25, -0.2) is 0 Å². The predicted octanol–water partition coefficient (Wildman–Crippen LogP) is 6.35. The Morgan fingerprint density at radius 2 is 1.32 bits per heavy atom. The highest BCUT2D eigenvalue weighted by Crippen LogP contribution is 2.24. The first-order chi connectivity index (χ1) is 17.8. The Hall–Kier alpha value is -4.12. The summed E-state index contributed by atoms with van der Waals surface area (Å²) in [4.78, 5) is 30.0. The van der Waals surface area contributed by atoms with E-state index in [0.29, 0.717) is 18.7 Å². The smallest absolute Gasteiger partial charge is 0.255 e. The fourth-order valence-corrected chi connectivity index (χ4v) is 4.75. The molecule has 1 fully saturated rings. The van der Waals surface area contributed by atoms with E-state index in [1.807, 2.05) is 89.8 Å². The van der Waals surface area contributed by atoms with Gasteiger partial charge in [0.2, 0.25) is 0 Å². The number of rotatable bonds is 4. The van der Waals surface area contributed by atoms with Crippen molar-refractivity contribution in [2.24, 2.45) is 0 Å². The lowest BCUT2D eigenvalue weighted by molar-refractivity contribution is 0.0746. The lowest BCUT2D eigenvalue weighted by Crippen LogP contribution is -2.48. The van der Waals surface area contributed by atoms with Gasteiger partial charge >= 0.3 is 0 Å². The summed E-state index contributed by atoms with van der Waals surface area (Å²) >= 11 is 0. The summed E-state index contributed by atoms with van der Waals surface area (Å²) in [5.74, 6) is -0.0342. The zero-order valence-electron chi connectivity index (χ0n) is 21.7. The molecular formula is C32H33N3O2. The second kappa shape index (κ2) is 10.1. The predicted molar refractivity (Wildman–Crippen MR) is 152 cm³/mol. The maximum absolute atomic E-state index is 13.1. The van der Waals surface area contributed by atoms with Gasteiger partial charge in [-0.15, -0.1) is 0 Å². The van der Waals surface area contributed by atoms with E-state index < -0.39 is 0 Å². The summed E-state index contributed by atoms with van der Waals surface area (Å²) in [5, 5.41) is 5.21. The molecule has 2 amide bonds. The van der Waals surface area contributed by atoms with E-state index >= 15 is 0 Å². The Kier molecular flexibility index (Phi) is 6.70. The minimum absolute atomic E-state index is 0.0556. The number of hydrogen-bond acceptors (Lipinski definition) is 3. The number of nitrogens with zero attached hydrogens (tertiary/aromatic N) is 2. The molecule has 0 saturated carbocycles. The summed E-state index contributed by atoms with van der Waals surface area (Å²) in [6.07, 6.45) is 0. The number of benzene rings is 4. The average molecular weight is 492 g/mol. The Labute approximate surface area is 218 Å². The highest BCUT2D eigenvalue weighted by atomic mass is 16.2. The molecule has 5 heteroatoms. The fourth-order valence-electron chi connectivity index (χ4n) is 4.75. The van der Waals surface area contributed by atoms with E-state index in [2.05, 4.69) is 37.1 Å². The van der Waals surface area contributed by atoms with Gasteiger partial charge in [0.1, 0.15) is 0 Å². The van der Waals surface area contributed by atoms with Crippen LogP contribution in [0.15, 0.2) is 91.0 Å². The Balaban J connectivity index is 1.17. The van der Waals surface area contributed by atoms with Crippen LogP contribution in [0, 0.1) is 0 Å². The maximum Gasteiger partial charge on any atom is 0.255 e. The lowest BCUT2D eigenvalue weighted by Gasteiger charge is -2.36. The van der Waals surface area contributed by atoms with Crippen LogP contribution in [0.5, 0.6) is 0 Å². The normalized spacial score (nSPS) is 14.0. The largest absolute Gasteiger partial charge is 0.368 e. The number of amides is 2. The molecule has 0 radical (unpaired) electrons. The van der Waals surface area contributed by atoms with Crippen molar-refractivity contribution in [3.63, 3.8) is 0 Å². The molecule has 1 aliphatic heterocycles. The third-order valence-corrected chi connectivity index (χ3v) is 7.07. The van der Waals surface area contributed by atoms with E-state index in [1.165, 1.54) is 5.56 Å². The number of carbonyl (C=O) groups excluding carboxylic acids is 2. The van der Waals surface area contributed by atoms with Crippen molar-refractivity contribution >= 4 is 34.0 Å². The van der Waals surface area contributed by atoms with Crippen molar-refractivity contribution in [2.75, 3.05) is 36.4 Å². The molecule has 4 aromatic rings. The SMILES string of the molecule is CC(C)(C)c1ccc(C(=O)Nc2ccc(N3CCN(C(=O)c4ccc5ccccc5c4)CC3)cc2)cc1. The van der Waals surface area contributed by atoms with Gasteiger partial charge in [-0.1, -0.05) is 63.2 Å². The van der Waals surface area contributed by atoms with Gasteiger partial charge in [0.05, 0.1) is 0 Å². The third kappa shape index (κ3) is 5.51. The van der Waals surface area contributed by atoms with Gasteiger partial charge in [0, 0.05) is 48.7 Å². The molecule has 1 heterocycles. The Morgan fingerprint density at radius 1 is 0.703 bits per heavy atom. The third-order valence-electron chi connectivity index (χ3n) is 7.07. The summed E-state index contributed by atoms with van der Waals surface area (Å²) in [6.45, 7) is 9.37. The van der Waals surface area contributed by atoms with E-state index in [0.717, 1.165) is 40.8 Å². The zero-order chi connectivity index (χ0) is 26.0. The second-order valence-corrected chi connectivity index (χ2v) is 10.7. The molecule has 5 rings (SSSR count). The van der Waals surface area contributed by atoms with Crippen LogP contribution in [0.25, 0.3) is 10.8 Å². The van der Waals surface area contributed by atoms with Crippen LogP contribution in [0.2, 0.25) is 0 Å². The van der Waals surface area contributed by atoms with Gasteiger partial charge in [-0.2, -0.15) is 0 Å². The molecule has 0 atom stereocenters. The molecule has 0 spiro atoms. The summed E-state index contributed by atoms with van der Waals surface area (Å²) < 4.78 is 0. The summed E-state index contributed by atoms with van der Waals surface area (Å²) in [5.41, 5.74) is 4.49. The van der Waals surface area contributed by atoms with E-state index in [1.54, 1.807) is 0 Å². The van der Waals surface area contributed by atoms with Crippen LogP contribution in [0.4, 0.5) is 11.4 Å². The summed E-state index contributed by atoms with van der Waals surface area (Å²) in [6, 6.07) is 29.7. The first-order valence-corrected chi connectivity index (χ1v) is 12.8. The quantitative estimate of drug-likeness (QED) is 0.362. The minimum Gasteiger partial charge on any atom is -0.368 e. The molecule has 37 heavy (non-hydrogen) atoms. The first-order valence-electron chi connectivity index (χ1n) is 12.8. The standard InChI is InChI=1S/C32H33N3O2/c1-32(2,3)27-12-10-24(11-13-27)30(36)33-28-14-16-29(17-15-28)34-18-20-35(21-19-34)31(37)26-9-8-23-6-4-5-7-25(23)22-26/h4-17,22H,18-21H2,1-3H3,(H,33,36). The Morgan fingerprint density at radius 3 is 1.97 bits per heavy atom. The van der Waals surface area contributed by atoms with Crippen molar-refractivity contribution < 1.29 is 9.59 Å². The van der Waals surface area contributed by atoms with Crippen molar-refractivity contribution in [3.05, 3.63) is 108 Å². The van der Waals surface area contributed by atoms with Crippen LogP contribution < -0.4 is 10.2 Å². The highest BCUT2D eigenvalue weighted by Gasteiger charge is 2.22. The van der Waals surface area contributed by atoms with Crippen molar-refractivity contribution in [2.45, 2.75) is 26.2 Å². The van der Waals surface area contributed by atoms with Crippen molar-refractivity contribution in [1.82, 2.24) is 4.90 Å². The molecule has 1 saturated heterocycles. The van der Waals surface area contributed by atoms with Crippen LogP contribution in [-0.4, -0.2) is 42.9 Å². The van der Waals surface area contributed by atoms with Crippen LogP contribution in [0.3, 0.4) is 0 Å². The van der Waals surface area contributed by atoms with Gasteiger partial charge < -0.3 is 15.1 Å². The first kappa shape index (κ1) is 24.6. The zero-order valence-corrected chi connectivity index (χ0v) is 21.7. The molecular weight excluding hydrogens is 458 g/mol. The van der Waals surface area contributed by atoms with Crippen molar-refractivity contribution in [3.8, 4) is 0 Å². The molecule has 0 bridgehead atoms. The highest BCUT2D eigenvalue weighted by molar-refractivity contribution is 6.04. The van der Waals surface area contributed by atoms with Gasteiger partial charge in [0.25, 0.3) is 11.8 Å². The molecule has 4 aromatic carbocycles. The lowest BCUT2D eigenvalue weighted by atomic mass is 9.87. The van der Waals surface area contributed by atoms with Crippen LogP contribution in [0.1, 0.15) is 47.1 Å². The van der Waals surface area contributed by atoms with Crippen LogP contribution in [-0.2, 0) is 5.41 Å². The topological polar surface area (TPSA) is 52.7 Å².